The molecule has 0 spiro atoms. The Balaban J connectivity index is 1.73. The smallest absolute Gasteiger partial charge is 0.228 e. The third-order valence-corrected chi connectivity index (χ3v) is 4.49. The first-order valence-electron chi connectivity index (χ1n) is 8.31. The van der Waals surface area contributed by atoms with Gasteiger partial charge in [-0.25, -0.2) is 0 Å². The zero-order valence-electron chi connectivity index (χ0n) is 14.6. The summed E-state index contributed by atoms with van der Waals surface area (Å²) in [6.45, 7) is 3.52. The highest BCUT2D eigenvalue weighted by molar-refractivity contribution is 5.98. The van der Waals surface area contributed by atoms with Crippen molar-refractivity contribution in [2.24, 2.45) is 5.92 Å². The van der Waals surface area contributed by atoms with E-state index in [4.69, 9.17) is 4.74 Å². The number of aryl methyl sites for hydroxylation is 1. The van der Waals surface area contributed by atoms with Gasteiger partial charge in [0.1, 0.15) is 5.75 Å². The van der Waals surface area contributed by atoms with Crippen LogP contribution in [0.15, 0.2) is 42.5 Å². The highest BCUT2D eigenvalue weighted by Crippen LogP contribution is 2.49. The van der Waals surface area contributed by atoms with Gasteiger partial charge in [0.15, 0.2) is 0 Å². The van der Waals surface area contributed by atoms with Gasteiger partial charge in [0, 0.05) is 18.5 Å². The summed E-state index contributed by atoms with van der Waals surface area (Å²) in [5.41, 5.74) is 3.64. The third kappa shape index (κ3) is 3.82. The van der Waals surface area contributed by atoms with E-state index in [1.165, 1.54) is 18.1 Å². The minimum absolute atomic E-state index is 0.0217. The summed E-state index contributed by atoms with van der Waals surface area (Å²) < 4.78 is 5.31. The van der Waals surface area contributed by atoms with Crippen LogP contribution in [0.4, 0.5) is 11.4 Å². The molecule has 0 aromatic heterocycles. The Morgan fingerprint density at radius 1 is 1.12 bits per heavy atom. The van der Waals surface area contributed by atoms with Crippen molar-refractivity contribution < 1.29 is 14.3 Å². The fraction of sp³-hybridized carbons (Fsp3) is 0.300. The second-order valence-electron chi connectivity index (χ2n) is 6.39. The zero-order valence-corrected chi connectivity index (χ0v) is 14.6. The molecular formula is C20H22N2O3. The quantitative estimate of drug-likeness (QED) is 0.873. The predicted molar refractivity (Wildman–Crippen MR) is 98.0 cm³/mol. The van der Waals surface area contributed by atoms with E-state index in [9.17, 15) is 9.59 Å². The van der Waals surface area contributed by atoms with Crippen LogP contribution >= 0.6 is 0 Å². The molecule has 130 valence electrons. The van der Waals surface area contributed by atoms with Crippen molar-refractivity contribution in [2.75, 3.05) is 17.7 Å². The molecule has 2 N–H and O–H groups in total. The molecule has 1 fully saturated rings. The van der Waals surface area contributed by atoms with E-state index in [-0.39, 0.29) is 23.7 Å². The summed E-state index contributed by atoms with van der Waals surface area (Å²) in [4.78, 5) is 23.8. The Hall–Kier alpha value is -2.82. The topological polar surface area (TPSA) is 67.4 Å². The molecule has 0 radical (unpaired) electrons. The number of benzene rings is 2. The highest BCUT2D eigenvalue weighted by atomic mass is 16.5. The van der Waals surface area contributed by atoms with Gasteiger partial charge in [0.25, 0.3) is 0 Å². The van der Waals surface area contributed by atoms with Crippen molar-refractivity contribution in [1.82, 2.24) is 0 Å². The lowest BCUT2D eigenvalue weighted by molar-refractivity contribution is -0.117. The molecule has 3 rings (SSSR count). The fourth-order valence-electron chi connectivity index (χ4n) is 3.14. The molecule has 2 aromatic rings. The van der Waals surface area contributed by atoms with Crippen LogP contribution in [0.25, 0.3) is 0 Å². The number of methoxy groups -OCH3 is 1. The van der Waals surface area contributed by atoms with E-state index in [1.54, 1.807) is 25.3 Å². The number of rotatable bonds is 5. The summed E-state index contributed by atoms with van der Waals surface area (Å²) >= 11 is 0. The third-order valence-electron chi connectivity index (χ3n) is 4.49. The maximum absolute atomic E-state index is 12.6. The van der Waals surface area contributed by atoms with Gasteiger partial charge in [-0.2, -0.15) is 0 Å². The molecule has 25 heavy (non-hydrogen) atoms. The molecule has 0 heterocycles. The van der Waals surface area contributed by atoms with Gasteiger partial charge >= 0.3 is 0 Å². The maximum atomic E-state index is 12.6. The van der Waals surface area contributed by atoms with Crippen molar-refractivity contribution in [3.8, 4) is 5.75 Å². The number of ether oxygens (including phenoxy) is 1. The van der Waals surface area contributed by atoms with Crippen LogP contribution in [0.1, 0.15) is 30.4 Å². The van der Waals surface area contributed by atoms with Gasteiger partial charge < -0.3 is 15.4 Å². The van der Waals surface area contributed by atoms with Gasteiger partial charge in [0.2, 0.25) is 11.8 Å². The number of carbonyl (C=O) groups is 2. The standard InChI is InChI=1S/C20H22N2O3/c1-12-6-4-5-7-15(12)16-11-17(16)20(24)22-18-10-14(21-13(2)23)8-9-19(18)25-3/h4-10,16-17H,11H2,1-3H3,(H,21,23)(H,22,24). The van der Waals surface area contributed by atoms with Crippen molar-refractivity contribution in [3.05, 3.63) is 53.6 Å². The second kappa shape index (κ2) is 6.97. The molecule has 0 bridgehead atoms. The predicted octanol–water partition coefficient (Wildman–Crippen LogP) is 3.70. The Morgan fingerprint density at radius 3 is 2.56 bits per heavy atom. The molecule has 5 nitrogen and oxygen atoms in total. The summed E-state index contributed by atoms with van der Waals surface area (Å²) in [6.07, 6.45) is 0.852. The largest absolute Gasteiger partial charge is 0.495 e. The van der Waals surface area contributed by atoms with E-state index in [1.807, 2.05) is 12.1 Å². The zero-order chi connectivity index (χ0) is 18.0. The monoisotopic (exact) mass is 338 g/mol. The Morgan fingerprint density at radius 2 is 1.88 bits per heavy atom. The van der Waals surface area contributed by atoms with Gasteiger partial charge in [0.05, 0.1) is 12.8 Å². The lowest BCUT2D eigenvalue weighted by atomic mass is 10.0. The molecule has 2 amide bonds. The van der Waals surface area contributed by atoms with E-state index >= 15 is 0 Å². The van der Waals surface area contributed by atoms with Crippen LogP contribution in [-0.4, -0.2) is 18.9 Å². The van der Waals surface area contributed by atoms with E-state index in [0.717, 1.165) is 6.42 Å². The van der Waals surface area contributed by atoms with Crippen LogP contribution in [0.5, 0.6) is 5.75 Å². The van der Waals surface area contributed by atoms with Crippen molar-refractivity contribution in [2.45, 2.75) is 26.2 Å². The average Bonchev–Trinajstić information content (AvgIpc) is 3.35. The van der Waals surface area contributed by atoms with E-state index < -0.39 is 0 Å². The van der Waals surface area contributed by atoms with Gasteiger partial charge in [-0.15, -0.1) is 0 Å². The summed E-state index contributed by atoms with van der Waals surface area (Å²) in [7, 11) is 1.55. The van der Waals surface area contributed by atoms with Gasteiger partial charge in [-0.3, -0.25) is 9.59 Å². The highest BCUT2D eigenvalue weighted by Gasteiger charge is 2.44. The van der Waals surface area contributed by atoms with Gasteiger partial charge in [-0.05, 0) is 48.6 Å². The molecular weight excluding hydrogens is 316 g/mol. The minimum atomic E-state index is -0.163. The first-order chi connectivity index (χ1) is 12.0. The van der Waals surface area contributed by atoms with Gasteiger partial charge in [-0.1, -0.05) is 24.3 Å². The number of amides is 2. The van der Waals surface area contributed by atoms with Crippen molar-refractivity contribution in [3.63, 3.8) is 0 Å². The molecule has 2 unspecified atom stereocenters. The molecule has 2 aromatic carbocycles. The average molecular weight is 338 g/mol. The molecule has 1 saturated carbocycles. The summed E-state index contributed by atoms with van der Waals surface area (Å²) in [6, 6.07) is 13.4. The number of hydrogen-bond donors (Lipinski definition) is 2. The number of hydrogen-bond acceptors (Lipinski definition) is 3. The van der Waals surface area contributed by atoms with Crippen LogP contribution in [0.2, 0.25) is 0 Å². The molecule has 2 atom stereocenters. The molecule has 5 heteroatoms. The van der Waals surface area contributed by atoms with Crippen LogP contribution in [0.3, 0.4) is 0 Å². The van der Waals surface area contributed by atoms with Crippen LogP contribution < -0.4 is 15.4 Å². The first kappa shape index (κ1) is 17.0. The molecule has 1 aliphatic rings. The number of carbonyl (C=O) groups excluding carboxylic acids is 2. The van der Waals surface area contributed by atoms with E-state index in [0.29, 0.717) is 17.1 Å². The molecule has 1 aliphatic carbocycles. The number of anilines is 2. The SMILES string of the molecule is COc1ccc(NC(C)=O)cc1NC(=O)C1CC1c1ccccc1C. The Labute approximate surface area is 147 Å². The number of nitrogens with one attached hydrogen (secondary N) is 2. The summed E-state index contributed by atoms with van der Waals surface area (Å²) in [5.74, 6) is 0.618. The lowest BCUT2D eigenvalue weighted by Crippen LogP contribution is -2.16. The second-order valence-corrected chi connectivity index (χ2v) is 6.39. The lowest BCUT2D eigenvalue weighted by Gasteiger charge is -2.12. The van der Waals surface area contributed by atoms with E-state index in [2.05, 4.69) is 29.7 Å². The summed E-state index contributed by atoms with van der Waals surface area (Å²) in [5, 5.41) is 5.65. The van der Waals surface area contributed by atoms with Crippen LogP contribution in [0, 0.1) is 12.8 Å². The molecule has 0 saturated heterocycles. The Kier molecular flexibility index (Phi) is 4.74. The Bertz CT molecular complexity index is 816. The molecule has 0 aliphatic heterocycles. The fourth-order valence-corrected chi connectivity index (χ4v) is 3.14. The van der Waals surface area contributed by atoms with Crippen molar-refractivity contribution in [1.29, 1.82) is 0 Å². The first-order valence-corrected chi connectivity index (χ1v) is 8.31. The maximum Gasteiger partial charge on any atom is 0.228 e. The van der Waals surface area contributed by atoms with Crippen LogP contribution in [-0.2, 0) is 9.59 Å². The normalized spacial score (nSPS) is 18.4. The minimum Gasteiger partial charge on any atom is -0.495 e. The van der Waals surface area contributed by atoms with Crippen molar-refractivity contribution >= 4 is 23.2 Å².